The molecule has 3 aromatic rings. The summed E-state index contributed by atoms with van der Waals surface area (Å²) >= 11 is 6.61. The monoisotopic (exact) mass is 466 g/mol. The fourth-order valence-electron chi connectivity index (χ4n) is 4.15. The van der Waals surface area contributed by atoms with Gasteiger partial charge in [0.15, 0.2) is 0 Å². The van der Waals surface area contributed by atoms with Gasteiger partial charge in [-0.15, -0.1) is 0 Å². The maximum atomic E-state index is 12.9. The van der Waals surface area contributed by atoms with Crippen molar-refractivity contribution >= 4 is 17.5 Å². The van der Waals surface area contributed by atoms with Crippen LogP contribution in [0.2, 0.25) is 5.02 Å². The summed E-state index contributed by atoms with van der Waals surface area (Å²) in [7, 11) is 4.08. The van der Waals surface area contributed by atoms with E-state index in [1.165, 1.54) is 5.56 Å². The van der Waals surface area contributed by atoms with E-state index >= 15 is 0 Å². The summed E-state index contributed by atoms with van der Waals surface area (Å²) in [5.41, 5.74) is 4.34. The average molecular weight is 467 g/mol. The summed E-state index contributed by atoms with van der Waals surface area (Å²) < 4.78 is 0. The molecule has 2 atom stereocenters. The van der Waals surface area contributed by atoms with E-state index in [1.54, 1.807) is 6.20 Å². The zero-order valence-electron chi connectivity index (χ0n) is 20.0. The molecule has 0 aliphatic heterocycles. The molecule has 33 heavy (non-hydrogen) atoms. The predicted molar refractivity (Wildman–Crippen MR) is 136 cm³/mol. The number of aromatic nitrogens is 2. The number of rotatable bonds is 11. The summed E-state index contributed by atoms with van der Waals surface area (Å²) in [6.45, 7) is 4.99. The van der Waals surface area contributed by atoms with Crippen molar-refractivity contribution in [2.45, 2.75) is 45.1 Å². The zero-order chi connectivity index (χ0) is 23.8. The van der Waals surface area contributed by atoms with E-state index in [9.17, 15) is 4.79 Å². The summed E-state index contributed by atoms with van der Waals surface area (Å²) in [5, 5.41) is 10.7. The molecule has 0 fully saturated rings. The summed E-state index contributed by atoms with van der Waals surface area (Å²) in [6.07, 6.45) is 5.89. The van der Waals surface area contributed by atoms with Crippen LogP contribution in [0.25, 0.3) is 11.1 Å². The highest BCUT2D eigenvalue weighted by Crippen LogP contribution is 2.28. The molecule has 1 amide bonds. The molecular weight excluding hydrogens is 432 g/mol. The van der Waals surface area contributed by atoms with Gasteiger partial charge in [-0.1, -0.05) is 67.9 Å². The molecule has 6 heteroatoms. The molecule has 0 aliphatic carbocycles. The van der Waals surface area contributed by atoms with Crippen molar-refractivity contribution in [1.82, 2.24) is 20.4 Å². The normalized spacial score (nSPS) is 13.3. The maximum absolute atomic E-state index is 12.9. The SMILES string of the molecule is CC(C)CC(CC(=O)NC[C@H](Cc1ccc(-c2cn[nH]c2)cc1Cl)N(C)C)c1ccccc1. The molecule has 3 rings (SSSR count). The Kier molecular flexibility index (Phi) is 9.10. The molecule has 1 aromatic heterocycles. The lowest BCUT2D eigenvalue weighted by Gasteiger charge is -2.26. The van der Waals surface area contributed by atoms with Crippen LogP contribution in [-0.2, 0) is 11.2 Å². The van der Waals surface area contributed by atoms with Crippen molar-refractivity contribution in [3.05, 3.63) is 77.1 Å². The van der Waals surface area contributed by atoms with Crippen molar-refractivity contribution in [3.63, 3.8) is 0 Å². The van der Waals surface area contributed by atoms with E-state index in [1.807, 2.05) is 44.6 Å². The van der Waals surface area contributed by atoms with Gasteiger partial charge in [0, 0.05) is 35.8 Å². The van der Waals surface area contributed by atoms with Gasteiger partial charge in [0.2, 0.25) is 5.91 Å². The van der Waals surface area contributed by atoms with Crippen LogP contribution in [0.3, 0.4) is 0 Å². The van der Waals surface area contributed by atoms with Gasteiger partial charge in [0.1, 0.15) is 0 Å². The summed E-state index contributed by atoms with van der Waals surface area (Å²) in [5.74, 6) is 0.858. The van der Waals surface area contributed by atoms with Crippen LogP contribution in [0.15, 0.2) is 60.9 Å². The Balaban J connectivity index is 1.61. The van der Waals surface area contributed by atoms with Crippen LogP contribution in [0.5, 0.6) is 0 Å². The fraction of sp³-hybridized carbons (Fsp3) is 0.407. The van der Waals surface area contributed by atoms with Crippen LogP contribution in [-0.4, -0.2) is 47.7 Å². The lowest BCUT2D eigenvalue weighted by molar-refractivity contribution is -0.121. The number of aromatic amines is 1. The molecule has 176 valence electrons. The van der Waals surface area contributed by atoms with Crippen LogP contribution < -0.4 is 5.32 Å². The number of hydrogen-bond donors (Lipinski definition) is 2. The third-order valence-electron chi connectivity index (χ3n) is 6.06. The van der Waals surface area contributed by atoms with Gasteiger partial charge in [-0.3, -0.25) is 9.89 Å². The van der Waals surface area contributed by atoms with E-state index < -0.39 is 0 Å². The van der Waals surface area contributed by atoms with Crippen LogP contribution in [0, 0.1) is 5.92 Å². The Morgan fingerprint density at radius 2 is 1.88 bits per heavy atom. The highest BCUT2D eigenvalue weighted by molar-refractivity contribution is 6.31. The minimum Gasteiger partial charge on any atom is -0.355 e. The van der Waals surface area contributed by atoms with Gasteiger partial charge in [-0.25, -0.2) is 0 Å². The number of benzene rings is 2. The number of H-pyrrole nitrogens is 1. The molecule has 0 aliphatic rings. The van der Waals surface area contributed by atoms with Gasteiger partial charge in [-0.2, -0.15) is 5.10 Å². The maximum Gasteiger partial charge on any atom is 0.220 e. The minimum absolute atomic E-state index is 0.0951. The molecule has 1 unspecified atom stereocenters. The smallest absolute Gasteiger partial charge is 0.220 e. The van der Waals surface area contributed by atoms with Gasteiger partial charge in [0.25, 0.3) is 0 Å². The van der Waals surface area contributed by atoms with Gasteiger partial charge < -0.3 is 10.2 Å². The Morgan fingerprint density at radius 3 is 2.48 bits per heavy atom. The Hall–Kier alpha value is -2.63. The first-order chi connectivity index (χ1) is 15.8. The molecule has 2 N–H and O–H groups in total. The standard InChI is InChI=1S/C27H35ClN4O/c1-19(2)12-23(20-8-6-5-7-9-20)15-27(33)29-18-25(32(3)4)13-22-11-10-21(14-26(22)28)24-16-30-31-17-24/h5-11,14,16-17,19,23,25H,12-13,15,18H2,1-4H3,(H,29,33)(H,30,31)/t23?,25-/m0/s1. The number of amides is 1. The first-order valence-electron chi connectivity index (χ1n) is 11.6. The van der Waals surface area contributed by atoms with Gasteiger partial charge in [0.05, 0.1) is 6.20 Å². The van der Waals surface area contributed by atoms with E-state index in [4.69, 9.17) is 11.6 Å². The number of carbonyl (C=O) groups excluding carboxylic acids is 1. The van der Waals surface area contributed by atoms with Gasteiger partial charge >= 0.3 is 0 Å². The number of nitrogens with zero attached hydrogens (tertiary/aromatic N) is 2. The first kappa shape index (κ1) is 25.0. The van der Waals surface area contributed by atoms with E-state index in [-0.39, 0.29) is 17.9 Å². The van der Waals surface area contributed by atoms with Crippen LogP contribution >= 0.6 is 11.6 Å². The third kappa shape index (κ3) is 7.44. The second kappa shape index (κ2) is 12.0. The van der Waals surface area contributed by atoms with Crippen molar-refractivity contribution in [2.24, 2.45) is 5.92 Å². The summed E-state index contributed by atoms with van der Waals surface area (Å²) in [4.78, 5) is 15.0. The largest absolute Gasteiger partial charge is 0.355 e. The molecule has 5 nitrogen and oxygen atoms in total. The molecule has 0 saturated heterocycles. The number of nitrogens with one attached hydrogen (secondary N) is 2. The number of carbonyl (C=O) groups is 1. The van der Waals surface area contributed by atoms with Gasteiger partial charge in [-0.05, 0) is 61.5 Å². The molecule has 0 bridgehead atoms. The zero-order valence-corrected chi connectivity index (χ0v) is 20.8. The lowest BCUT2D eigenvalue weighted by atomic mass is 9.87. The number of halogens is 1. The van der Waals surface area contributed by atoms with Crippen molar-refractivity contribution in [2.75, 3.05) is 20.6 Å². The molecule has 0 saturated carbocycles. The summed E-state index contributed by atoms with van der Waals surface area (Å²) in [6, 6.07) is 16.6. The average Bonchev–Trinajstić information content (AvgIpc) is 3.32. The Bertz CT molecular complexity index is 1000. The van der Waals surface area contributed by atoms with Crippen LogP contribution in [0.4, 0.5) is 0 Å². The Morgan fingerprint density at radius 1 is 1.12 bits per heavy atom. The number of likely N-dealkylation sites (N-methyl/N-ethyl adjacent to an activating group) is 1. The lowest BCUT2D eigenvalue weighted by Crippen LogP contribution is -2.42. The second-order valence-electron chi connectivity index (χ2n) is 9.36. The third-order valence-corrected chi connectivity index (χ3v) is 6.42. The molecule has 2 aromatic carbocycles. The highest BCUT2D eigenvalue weighted by Gasteiger charge is 2.20. The van der Waals surface area contributed by atoms with Crippen LogP contribution in [0.1, 0.15) is 43.7 Å². The molecule has 0 radical (unpaired) electrons. The number of hydrogen-bond acceptors (Lipinski definition) is 3. The van der Waals surface area contributed by atoms with E-state index in [0.717, 1.165) is 34.6 Å². The van der Waals surface area contributed by atoms with Crippen molar-refractivity contribution < 1.29 is 4.79 Å². The minimum atomic E-state index is 0.0951. The Labute approximate surface area is 202 Å². The first-order valence-corrected chi connectivity index (χ1v) is 12.0. The van der Waals surface area contributed by atoms with E-state index in [2.05, 4.69) is 58.5 Å². The van der Waals surface area contributed by atoms with Crippen molar-refractivity contribution in [1.29, 1.82) is 0 Å². The topological polar surface area (TPSA) is 61.0 Å². The highest BCUT2D eigenvalue weighted by atomic mass is 35.5. The quantitative estimate of drug-likeness (QED) is 0.390. The predicted octanol–water partition coefficient (Wildman–Crippen LogP) is 5.54. The molecule has 1 heterocycles. The second-order valence-corrected chi connectivity index (χ2v) is 9.77. The molecule has 0 spiro atoms. The van der Waals surface area contributed by atoms with E-state index in [0.29, 0.717) is 18.9 Å². The van der Waals surface area contributed by atoms with Crippen molar-refractivity contribution in [3.8, 4) is 11.1 Å². The molecular formula is C27H35ClN4O. The fourth-order valence-corrected chi connectivity index (χ4v) is 4.41.